The first-order valence-corrected chi connectivity index (χ1v) is 8.55. The van der Waals surface area contributed by atoms with Crippen molar-refractivity contribution in [1.29, 1.82) is 0 Å². The van der Waals surface area contributed by atoms with Gasteiger partial charge >= 0.3 is 5.97 Å². The monoisotopic (exact) mass is 307 g/mol. The number of carbonyl (C=O) groups is 2. The van der Waals surface area contributed by atoms with Crippen molar-refractivity contribution < 1.29 is 14.3 Å². The second kappa shape index (κ2) is 6.18. The third kappa shape index (κ3) is 3.64. The van der Waals surface area contributed by atoms with Gasteiger partial charge in [0.2, 0.25) is 0 Å². The second-order valence-corrected chi connectivity index (χ2v) is 7.13. The third-order valence-electron chi connectivity index (χ3n) is 4.24. The molecule has 0 radical (unpaired) electrons. The maximum atomic E-state index is 12.0. The first-order chi connectivity index (χ1) is 10.2. The summed E-state index contributed by atoms with van der Waals surface area (Å²) in [5.41, 5.74) is 1.30. The molecule has 1 aromatic rings. The van der Waals surface area contributed by atoms with E-state index in [1.807, 2.05) is 6.07 Å². The van der Waals surface area contributed by atoms with Crippen molar-refractivity contribution in [2.45, 2.75) is 51.5 Å². The molecular weight excluding hydrogens is 286 g/mol. The molecule has 114 valence electrons. The summed E-state index contributed by atoms with van der Waals surface area (Å²) in [5, 5.41) is 2.81. The Hall–Kier alpha value is -1.36. The molecule has 2 aliphatic carbocycles. The molecule has 0 saturated heterocycles. The van der Waals surface area contributed by atoms with Gasteiger partial charge in [-0.2, -0.15) is 0 Å². The Kier molecular flexibility index (Phi) is 4.29. The summed E-state index contributed by atoms with van der Waals surface area (Å²) in [4.78, 5) is 25.5. The van der Waals surface area contributed by atoms with Crippen LogP contribution in [0.25, 0.3) is 0 Å². The van der Waals surface area contributed by atoms with Gasteiger partial charge in [-0.3, -0.25) is 4.79 Å². The van der Waals surface area contributed by atoms with Gasteiger partial charge in [0.05, 0.1) is 0 Å². The maximum absolute atomic E-state index is 12.0. The minimum atomic E-state index is -0.367. The molecule has 0 unspecified atom stereocenters. The van der Waals surface area contributed by atoms with Gasteiger partial charge in [0.25, 0.3) is 5.91 Å². The number of fused-ring (bicyclic) bond motifs is 1. The van der Waals surface area contributed by atoms with Crippen LogP contribution in [0.1, 0.15) is 52.7 Å². The Balaban J connectivity index is 1.55. The standard InChI is InChI=1S/C16H21NO3S/c1-2-10-3-6-13-11(7-10)8-14(21-13)16(19)20-9-15(18)17-12-4-5-12/h8,10,12H,2-7,9H2,1H3,(H,17,18)/t10-/m1/s1. The molecule has 0 spiro atoms. The highest BCUT2D eigenvalue weighted by Gasteiger charge is 2.25. The van der Waals surface area contributed by atoms with Crippen LogP contribution in [-0.4, -0.2) is 24.5 Å². The average Bonchev–Trinajstić information content (AvgIpc) is 3.19. The highest BCUT2D eigenvalue weighted by atomic mass is 32.1. The Labute approximate surface area is 128 Å². The van der Waals surface area contributed by atoms with Crippen LogP contribution in [0.15, 0.2) is 6.07 Å². The fourth-order valence-electron chi connectivity index (χ4n) is 2.75. The van der Waals surface area contributed by atoms with Crippen LogP contribution < -0.4 is 5.32 Å². The number of thiophene rings is 1. The van der Waals surface area contributed by atoms with Gasteiger partial charge in [-0.25, -0.2) is 4.79 Å². The van der Waals surface area contributed by atoms with Crippen LogP contribution in [0.4, 0.5) is 0 Å². The van der Waals surface area contributed by atoms with Gasteiger partial charge in [0.1, 0.15) is 4.88 Å². The molecule has 4 nitrogen and oxygen atoms in total. The predicted octanol–water partition coefficient (Wildman–Crippen LogP) is 2.70. The van der Waals surface area contributed by atoms with E-state index in [2.05, 4.69) is 12.2 Å². The summed E-state index contributed by atoms with van der Waals surface area (Å²) >= 11 is 1.53. The highest BCUT2D eigenvalue weighted by Crippen LogP contribution is 2.33. The van der Waals surface area contributed by atoms with Crippen LogP contribution in [0, 0.1) is 5.92 Å². The summed E-state index contributed by atoms with van der Waals surface area (Å²) in [6.45, 7) is 2.05. The van der Waals surface area contributed by atoms with Crippen molar-refractivity contribution in [1.82, 2.24) is 5.32 Å². The van der Waals surface area contributed by atoms with Crippen molar-refractivity contribution in [3.63, 3.8) is 0 Å². The molecule has 1 heterocycles. The highest BCUT2D eigenvalue weighted by molar-refractivity contribution is 7.14. The molecular formula is C16H21NO3S. The Bertz CT molecular complexity index is 548. The smallest absolute Gasteiger partial charge is 0.348 e. The topological polar surface area (TPSA) is 55.4 Å². The van der Waals surface area contributed by atoms with Crippen LogP contribution in [0.3, 0.4) is 0 Å². The molecule has 3 rings (SSSR count). The lowest BCUT2D eigenvalue weighted by Crippen LogP contribution is -2.30. The van der Waals surface area contributed by atoms with Crippen molar-refractivity contribution in [2.75, 3.05) is 6.61 Å². The molecule has 1 fully saturated rings. The van der Waals surface area contributed by atoms with E-state index >= 15 is 0 Å². The second-order valence-electron chi connectivity index (χ2n) is 5.99. The van der Waals surface area contributed by atoms with Gasteiger partial charge in [0, 0.05) is 10.9 Å². The number of rotatable bonds is 5. The predicted molar refractivity (Wildman–Crippen MR) is 81.6 cm³/mol. The van der Waals surface area contributed by atoms with E-state index in [0.717, 1.165) is 31.6 Å². The van der Waals surface area contributed by atoms with E-state index in [0.29, 0.717) is 10.9 Å². The van der Waals surface area contributed by atoms with Crippen molar-refractivity contribution in [3.05, 3.63) is 21.4 Å². The van der Waals surface area contributed by atoms with Crippen LogP contribution in [0.2, 0.25) is 0 Å². The van der Waals surface area contributed by atoms with E-state index in [-0.39, 0.29) is 18.5 Å². The Morgan fingerprint density at radius 1 is 1.38 bits per heavy atom. The largest absolute Gasteiger partial charge is 0.451 e. The minimum Gasteiger partial charge on any atom is -0.451 e. The lowest BCUT2D eigenvalue weighted by molar-refractivity contribution is -0.124. The first kappa shape index (κ1) is 14.6. The SMILES string of the molecule is CC[C@@H]1CCc2sc(C(=O)OCC(=O)NC3CC3)cc2C1. The van der Waals surface area contributed by atoms with Gasteiger partial charge in [0.15, 0.2) is 6.61 Å². The number of hydrogen-bond donors (Lipinski definition) is 1. The van der Waals surface area contributed by atoms with Gasteiger partial charge in [-0.1, -0.05) is 13.3 Å². The van der Waals surface area contributed by atoms with Gasteiger partial charge in [-0.05, 0) is 49.7 Å². The number of carbonyl (C=O) groups excluding carboxylic acids is 2. The molecule has 1 aromatic heterocycles. The molecule has 1 atom stereocenters. The molecule has 1 amide bonds. The minimum absolute atomic E-state index is 0.171. The normalized spacial score (nSPS) is 20.7. The molecule has 5 heteroatoms. The zero-order chi connectivity index (χ0) is 14.8. The molecule has 1 N–H and O–H groups in total. The summed E-state index contributed by atoms with van der Waals surface area (Å²) in [5.74, 6) is 0.173. The average molecular weight is 307 g/mol. The molecule has 0 bridgehead atoms. The number of amides is 1. The van der Waals surface area contributed by atoms with Crippen LogP contribution >= 0.6 is 11.3 Å². The fraction of sp³-hybridized carbons (Fsp3) is 0.625. The molecule has 21 heavy (non-hydrogen) atoms. The Morgan fingerprint density at radius 2 is 2.19 bits per heavy atom. The molecule has 0 aromatic carbocycles. The van der Waals surface area contributed by atoms with Gasteiger partial charge < -0.3 is 10.1 Å². The Morgan fingerprint density at radius 3 is 2.90 bits per heavy atom. The quantitative estimate of drug-likeness (QED) is 0.851. The third-order valence-corrected chi connectivity index (χ3v) is 5.46. The van der Waals surface area contributed by atoms with E-state index in [9.17, 15) is 9.59 Å². The summed E-state index contributed by atoms with van der Waals surface area (Å²) in [6.07, 6.45) is 6.61. The van der Waals surface area contributed by atoms with Crippen LogP contribution in [-0.2, 0) is 22.4 Å². The zero-order valence-corrected chi connectivity index (χ0v) is 13.1. The van der Waals surface area contributed by atoms with Crippen molar-refractivity contribution >= 4 is 23.2 Å². The summed E-state index contributed by atoms with van der Waals surface area (Å²) in [6, 6.07) is 2.26. The number of hydrogen-bond acceptors (Lipinski definition) is 4. The van der Waals surface area contributed by atoms with Crippen molar-refractivity contribution in [3.8, 4) is 0 Å². The summed E-state index contributed by atoms with van der Waals surface area (Å²) < 4.78 is 5.11. The number of nitrogens with one attached hydrogen (secondary N) is 1. The zero-order valence-electron chi connectivity index (χ0n) is 12.3. The number of esters is 1. The van der Waals surface area contributed by atoms with E-state index in [4.69, 9.17) is 4.74 Å². The number of aryl methyl sites for hydroxylation is 1. The van der Waals surface area contributed by atoms with E-state index < -0.39 is 0 Å². The lowest BCUT2D eigenvalue weighted by atomic mass is 9.87. The fourth-order valence-corrected chi connectivity index (χ4v) is 3.85. The van der Waals surface area contributed by atoms with Gasteiger partial charge in [-0.15, -0.1) is 11.3 Å². The van der Waals surface area contributed by atoms with E-state index in [1.165, 1.54) is 34.6 Å². The van der Waals surface area contributed by atoms with Crippen molar-refractivity contribution in [2.24, 2.45) is 5.92 Å². The molecule has 0 aliphatic heterocycles. The molecule has 1 saturated carbocycles. The maximum Gasteiger partial charge on any atom is 0.348 e. The molecule has 2 aliphatic rings. The summed E-state index contributed by atoms with van der Waals surface area (Å²) in [7, 11) is 0. The lowest BCUT2D eigenvalue weighted by Gasteiger charge is -2.19. The van der Waals surface area contributed by atoms with Crippen LogP contribution in [0.5, 0.6) is 0 Å². The first-order valence-electron chi connectivity index (χ1n) is 7.73. The van der Waals surface area contributed by atoms with E-state index in [1.54, 1.807) is 0 Å². The number of ether oxygens (including phenoxy) is 1.